The molecule has 0 unspecified atom stereocenters. The average molecular weight is 279 g/mol. The van der Waals surface area contributed by atoms with Gasteiger partial charge in [-0.2, -0.15) is 0 Å². The van der Waals surface area contributed by atoms with E-state index in [0.29, 0.717) is 19.1 Å². The van der Waals surface area contributed by atoms with Crippen LogP contribution in [-0.4, -0.2) is 30.0 Å². The number of aromatic nitrogens is 1. The van der Waals surface area contributed by atoms with Crippen molar-refractivity contribution in [2.24, 2.45) is 5.92 Å². The monoisotopic (exact) mass is 279 g/mol. The van der Waals surface area contributed by atoms with Crippen molar-refractivity contribution in [2.45, 2.75) is 31.6 Å². The third-order valence-electron chi connectivity index (χ3n) is 3.57. The lowest BCUT2D eigenvalue weighted by atomic mass is 10.0. The van der Waals surface area contributed by atoms with Gasteiger partial charge in [0.05, 0.1) is 0 Å². The summed E-state index contributed by atoms with van der Waals surface area (Å²) in [6.07, 6.45) is 4.79. The molecule has 0 atom stereocenters. The molecule has 2 fully saturated rings. The van der Waals surface area contributed by atoms with Gasteiger partial charge in [0.1, 0.15) is 6.26 Å². The normalized spacial score (nSPS) is 19.6. The molecule has 0 radical (unpaired) electrons. The Morgan fingerprint density at radius 3 is 2.60 bits per heavy atom. The molecule has 2 N–H and O–H groups in total. The number of nitrogens with one attached hydrogen (secondary N) is 2. The van der Waals surface area contributed by atoms with Gasteiger partial charge in [0.2, 0.25) is 5.91 Å². The first-order valence-corrected chi connectivity index (χ1v) is 6.87. The molecule has 1 aromatic rings. The molecule has 1 saturated carbocycles. The second-order valence-electron chi connectivity index (χ2n) is 5.18. The number of carbonyl (C=O) groups excluding carboxylic acids is 2. The molecule has 2 aliphatic rings. The van der Waals surface area contributed by atoms with Crippen LogP contribution in [0, 0.1) is 5.92 Å². The summed E-state index contributed by atoms with van der Waals surface area (Å²) in [7, 11) is 0. The number of nitrogens with zero attached hydrogens (tertiary/aromatic N) is 1. The van der Waals surface area contributed by atoms with Crippen LogP contribution < -0.4 is 10.9 Å². The molecular weight excluding hydrogens is 262 g/mol. The maximum Gasteiger partial charge on any atom is 0.291 e. The molecule has 2 heterocycles. The topological polar surface area (TPSA) is 93.5 Å². The van der Waals surface area contributed by atoms with Crippen molar-refractivity contribution in [1.29, 1.82) is 0 Å². The number of ether oxygens (including phenoxy) is 1. The first kappa shape index (κ1) is 13.1. The smallest absolute Gasteiger partial charge is 0.291 e. The summed E-state index contributed by atoms with van der Waals surface area (Å²) in [5.74, 6) is 0.205. The minimum atomic E-state index is -0.457. The van der Waals surface area contributed by atoms with Crippen LogP contribution in [0.5, 0.6) is 0 Å². The molecule has 0 bridgehead atoms. The van der Waals surface area contributed by atoms with Crippen LogP contribution in [0.3, 0.4) is 0 Å². The Kier molecular flexibility index (Phi) is 3.68. The van der Waals surface area contributed by atoms with E-state index in [9.17, 15) is 9.59 Å². The fraction of sp³-hybridized carbons (Fsp3) is 0.615. The van der Waals surface area contributed by atoms with Gasteiger partial charge in [-0.25, -0.2) is 4.98 Å². The summed E-state index contributed by atoms with van der Waals surface area (Å²) in [4.78, 5) is 27.4. The van der Waals surface area contributed by atoms with Crippen LogP contribution >= 0.6 is 0 Å². The maximum absolute atomic E-state index is 11.8. The third kappa shape index (κ3) is 2.98. The fourth-order valence-electron chi connectivity index (χ4n) is 2.15. The third-order valence-corrected chi connectivity index (χ3v) is 3.57. The van der Waals surface area contributed by atoms with Gasteiger partial charge < -0.3 is 9.15 Å². The Bertz CT molecular complexity index is 503. The van der Waals surface area contributed by atoms with E-state index < -0.39 is 5.91 Å². The van der Waals surface area contributed by atoms with Crippen LogP contribution in [0.2, 0.25) is 0 Å². The number of hydrazine groups is 1. The van der Waals surface area contributed by atoms with Crippen molar-refractivity contribution >= 4 is 11.8 Å². The number of rotatable bonds is 3. The minimum absolute atomic E-state index is 0.0467. The summed E-state index contributed by atoms with van der Waals surface area (Å²) in [6.45, 7) is 1.37. The Balaban J connectivity index is 1.54. The molecule has 1 aliphatic heterocycles. The largest absolute Gasteiger partial charge is 0.448 e. The predicted molar refractivity (Wildman–Crippen MR) is 67.6 cm³/mol. The molecule has 20 heavy (non-hydrogen) atoms. The van der Waals surface area contributed by atoms with Gasteiger partial charge in [-0.05, 0) is 25.7 Å². The molecule has 0 spiro atoms. The fourth-order valence-corrected chi connectivity index (χ4v) is 2.15. The van der Waals surface area contributed by atoms with Crippen molar-refractivity contribution in [3.8, 4) is 0 Å². The standard InChI is InChI=1S/C13H17N3O4/c17-11(8-1-2-8)15-16-12(18)10-7-20-13(14-10)9-3-5-19-6-4-9/h7-9H,1-6H2,(H,15,17)(H,16,18). The van der Waals surface area contributed by atoms with E-state index in [1.807, 2.05) is 0 Å². The number of hydrogen-bond donors (Lipinski definition) is 2. The second-order valence-corrected chi connectivity index (χ2v) is 5.18. The van der Waals surface area contributed by atoms with Gasteiger partial charge in [-0.15, -0.1) is 0 Å². The van der Waals surface area contributed by atoms with Gasteiger partial charge >= 0.3 is 0 Å². The zero-order valence-corrected chi connectivity index (χ0v) is 11.1. The summed E-state index contributed by atoms with van der Waals surface area (Å²) in [6, 6.07) is 0. The summed E-state index contributed by atoms with van der Waals surface area (Å²) >= 11 is 0. The molecule has 108 valence electrons. The lowest BCUT2D eigenvalue weighted by Crippen LogP contribution is -2.42. The molecule has 7 nitrogen and oxygen atoms in total. The summed E-state index contributed by atoms with van der Waals surface area (Å²) < 4.78 is 10.6. The molecule has 1 saturated heterocycles. The molecule has 1 aliphatic carbocycles. The van der Waals surface area contributed by atoms with Crippen molar-refractivity contribution in [2.75, 3.05) is 13.2 Å². The van der Waals surface area contributed by atoms with Gasteiger partial charge in [0, 0.05) is 25.0 Å². The van der Waals surface area contributed by atoms with Crippen LogP contribution in [0.4, 0.5) is 0 Å². The zero-order chi connectivity index (χ0) is 13.9. The Labute approximate surface area is 116 Å². The summed E-state index contributed by atoms with van der Waals surface area (Å²) in [5, 5.41) is 0. The molecule has 1 aromatic heterocycles. The second kappa shape index (κ2) is 5.62. The highest BCUT2D eigenvalue weighted by Crippen LogP contribution is 2.28. The van der Waals surface area contributed by atoms with Crippen molar-refractivity contribution in [3.63, 3.8) is 0 Å². The van der Waals surface area contributed by atoms with Crippen LogP contribution in [-0.2, 0) is 9.53 Å². The van der Waals surface area contributed by atoms with E-state index in [-0.39, 0.29) is 23.4 Å². The highest BCUT2D eigenvalue weighted by atomic mass is 16.5. The first-order valence-electron chi connectivity index (χ1n) is 6.87. The molecular formula is C13H17N3O4. The van der Waals surface area contributed by atoms with E-state index in [2.05, 4.69) is 15.8 Å². The van der Waals surface area contributed by atoms with E-state index in [0.717, 1.165) is 25.7 Å². The number of oxazole rings is 1. The van der Waals surface area contributed by atoms with Gasteiger partial charge in [-0.3, -0.25) is 20.4 Å². The Morgan fingerprint density at radius 1 is 1.15 bits per heavy atom. The average Bonchev–Trinajstić information content (AvgIpc) is 3.22. The minimum Gasteiger partial charge on any atom is -0.448 e. The van der Waals surface area contributed by atoms with E-state index in [1.54, 1.807) is 0 Å². The highest BCUT2D eigenvalue weighted by Gasteiger charge is 2.30. The lowest BCUT2D eigenvalue weighted by Gasteiger charge is -2.18. The zero-order valence-electron chi connectivity index (χ0n) is 11.1. The predicted octanol–water partition coefficient (Wildman–Crippen LogP) is 0.740. The number of hydrogen-bond acceptors (Lipinski definition) is 5. The van der Waals surface area contributed by atoms with Gasteiger partial charge in [-0.1, -0.05) is 0 Å². The lowest BCUT2D eigenvalue weighted by molar-refractivity contribution is -0.123. The Morgan fingerprint density at radius 2 is 1.90 bits per heavy atom. The number of amides is 2. The van der Waals surface area contributed by atoms with Gasteiger partial charge in [0.25, 0.3) is 5.91 Å². The number of carbonyl (C=O) groups is 2. The molecule has 0 aromatic carbocycles. The van der Waals surface area contributed by atoms with Crippen molar-refractivity contribution < 1.29 is 18.7 Å². The van der Waals surface area contributed by atoms with Gasteiger partial charge in [0.15, 0.2) is 11.6 Å². The van der Waals surface area contributed by atoms with Crippen molar-refractivity contribution in [1.82, 2.24) is 15.8 Å². The molecule has 3 rings (SSSR count). The van der Waals surface area contributed by atoms with Crippen LogP contribution in [0.15, 0.2) is 10.7 Å². The maximum atomic E-state index is 11.8. The van der Waals surface area contributed by atoms with E-state index >= 15 is 0 Å². The first-order chi connectivity index (χ1) is 9.74. The van der Waals surface area contributed by atoms with Crippen LogP contribution in [0.25, 0.3) is 0 Å². The Hall–Kier alpha value is -1.89. The molecule has 7 heteroatoms. The quantitative estimate of drug-likeness (QED) is 0.796. The summed E-state index contributed by atoms with van der Waals surface area (Å²) in [5.41, 5.74) is 4.93. The van der Waals surface area contributed by atoms with E-state index in [4.69, 9.17) is 9.15 Å². The highest BCUT2D eigenvalue weighted by molar-refractivity contribution is 5.93. The molecule has 2 amide bonds. The van der Waals surface area contributed by atoms with E-state index in [1.165, 1.54) is 6.26 Å². The van der Waals surface area contributed by atoms with Crippen LogP contribution in [0.1, 0.15) is 48.0 Å². The van der Waals surface area contributed by atoms with Crippen molar-refractivity contribution in [3.05, 3.63) is 17.8 Å². The SMILES string of the molecule is O=C(NNC(=O)C1CC1)c1coc(C2CCOCC2)n1.